The first-order valence-electron chi connectivity index (χ1n) is 11.2. The second-order valence-electron chi connectivity index (χ2n) is 8.60. The van der Waals surface area contributed by atoms with Crippen molar-refractivity contribution in [2.75, 3.05) is 5.32 Å². The standard InChI is InChI=1S/C27H19F3N2O5/c1-13-9-17(14(2)32-19-6-4-3-5-16(19)26(34)35)24-18(10-13)23(33)22(27(28,29)30)25(37-24)21-11-15-12-31-8-7-20(15)36-21/h3-12,14,32H,1-2H3,(H,34,35)/t14-/m1/s1. The van der Waals surface area contributed by atoms with Crippen LogP contribution in [0.4, 0.5) is 18.9 Å². The van der Waals surface area contributed by atoms with Crippen molar-refractivity contribution in [3.8, 4) is 11.5 Å². The lowest BCUT2D eigenvalue weighted by Crippen LogP contribution is -2.21. The summed E-state index contributed by atoms with van der Waals surface area (Å²) in [5, 5.41) is 12.8. The summed E-state index contributed by atoms with van der Waals surface area (Å²) in [7, 11) is 0. The molecule has 0 fully saturated rings. The predicted octanol–water partition coefficient (Wildman–Crippen LogP) is 6.80. The number of alkyl halides is 3. The number of halogens is 3. The summed E-state index contributed by atoms with van der Waals surface area (Å²) in [6.07, 6.45) is -2.16. The van der Waals surface area contributed by atoms with Crippen LogP contribution < -0.4 is 10.7 Å². The van der Waals surface area contributed by atoms with Crippen molar-refractivity contribution in [3.05, 3.63) is 93.4 Å². The lowest BCUT2D eigenvalue weighted by Gasteiger charge is -2.20. The van der Waals surface area contributed by atoms with E-state index in [9.17, 15) is 27.9 Å². The molecule has 0 aliphatic rings. The van der Waals surface area contributed by atoms with Crippen molar-refractivity contribution in [1.82, 2.24) is 4.98 Å². The van der Waals surface area contributed by atoms with Gasteiger partial charge in [-0.3, -0.25) is 9.78 Å². The molecule has 0 spiro atoms. The number of aromatic nitrogens is 1. The number of rotatable bonds is 5. The minimum Gasteiger partial charge on any atom is -0.478 e. The minimum atomic E-state index is -5.02. The Morgan fingerprint density at radius 3 is 2.57 bits per heavy atom. The van der Waals surface area contributed by atoms with E-state index in [1.165, 1.54) is 36.7 Å². The Hall–Kier alpha value is -4.60. The molecule has 37 heavy (non-hydrogen) atoms. The van der Waals surface area contributed by atoms with Crippen LogP contribution in [0.5, 0.6) is 0 Å². The van der Waals surface area contributed by atoms with E-state index in [4.69, 9.17) is 8.83 Å². The van der Waals surface area contributed by atoms with Gasteiger partial charge in [-0.15, -0.1) is 0 Å². The molecular weight excluding hydrogens is 489 g/mol. The molecular formula is C27H19F3N2O5. The maximum Gasteiger partial charge on any atom is 0.423 e. The summed E-state index contributed by atoms with van der Waals surface area (Å²) in [6, 6.07) is 11.4. The molecule has 0 amide bonds. The quantitative estimate of drug-likeness (QED) is 0.269. The van der Waals surface area contributed by atoms with Crippen molar-refractivity contribution in [2.24, 2.45) is 0 Å². The number of furan rings is 1. The number of pyridine rings is 1. The van der Waals surface area contributed by atoms with Crippen LogP contribution in [0, 0.1) is 6.92 Å². The molecule has 0 saturated heterocycles. The largest absolute Gasteiger partial charge is 0.478 e. The van der Waals surface area contributed by atoms with Crippen molar-refractivity contribution < 1.29 is 31.9 Å². The van der Waals surface area contributed by atoms with Crippen molar-refractivity contribution in [3.63, 3.8) is 0 Å². The number of nitrogens with zero attached hydrogens (tertiary/aromatic N) is 1. The Bertz CT molecular complexity index is 1700. The van der Waals surface area contributed by atoms with E-state index in [-0.39, 0.29) is 27.9 Å². The van der Waals surface area contributed by atoms with Gasteiger partial charge in [0.1, 0.15) is 16.7 Å². The molecule has 1 atom stereocenters. The van der Waals surface area contributed by atoms with Gasteiger partial charge in [0.25, 0.3) is 0 Å². The first-order valence-corrected chi connectivity index (χ1v) is 11.2. The molecule has 0 unspecified atom stereocenters. The Labute approximate surface area is 207 Å². The summed E-state index contributed by atoms with van der Waals surface area (Å²) in [5.41, 5.74) is -1.27. The molecule has 188 valence electrons. The van der Waals surface area contributed by atoms with Gasteiger partial charge in [-0.1, -0.05) is 18.2 Å². The third kappa shape index (κ3) is 4.31. The first-order chi connectivity index (χ1) is 17.5. The normalized spacial score (nSPS) is 12.7. The SMILES string of the molecule is Cc1cc([C@@H](C)Nc2ccccc2C(=O)O)c2oc(-c3cc4cnccc4o3)c(C(F)(F)F)c(=O)c2c1. The maximum atomic E-state index is 14.2. The number of nitrogens with one attached hydrogen (secondary N) is 1. The van der Waals surface area contributed by atoms with Gasteiger partial charge in [0.05, 0.1) is 17.0 Å². The first kappa shape index (κ1) is 24.1. The molecule has 2 N–H and O–H groups in total. The fraction of sp³-hybridized carbons (Fsp3) is 0.148. The smallest absolute Gasteiger partial charge is 0.423 e. The van der Waals surface area contributed by atoms with Gasteiger partial charge in [0.2, 0.25) is 5.43 Å². The number of hydrogen-bond donors (Lipinski definition) is 2. The minimum absolute atomic E-state index is 0.0173. The topological polar surface area (TPSA) is 106 Å². The average molecular weight is 508 g/mol. The van der Waals surface area contributed by atoms with Crippen LogP contribution in [-0.4, -0.2) is 16.1 Å². The van der Waals surface area contributed by atoms with Crippen LogP contribution >= 0.6 is 0 Å². The number of hydrogen-bond acceptors (Lipinski definition) is 6. The molecule has 10 heteroatoms. The highest BCUT2D eigenvalue weighted by molar-refractivity contribution is 5.94. The number of para-hydroxylation sites is 1. The van der Waals surface area contributed by atoms with Gasteiger partial charge >= 0.3 is 12.1 Å². The highest BCUT2D eigenvalue weighted by atomic mass is 19.4. The molecule has 2 aromatic carbocycles. The maximum absolute atomic E-state index is 14.2. The van der Waals surface area contributed by atoms with Gasteiger partial charge in [0.15, 0.2) is 11.5 Å². The number of carboxylic acid groups (broad SMARTS) is 1. The van der Waals surface area contributed by atoms with Crippen LogP contribution in [0.25, 0.3) is 33.5 Å². The average Bonchev–Trinajstić information content (AvgIpc) is 3.27. The number of benzene rings is 2. The number of fused-ring (bicyclic) bond motifs is 2. The van der Waals surface area contributed by atoms with Crippen LogP contribution in [0.1, 0.15) is 40.0 Å². The Morgan fingerprint density at radius 2 is 1.86 bits per heavy atom. The molecule has 7 nitrogen and oxygen atoms in total. The number of carboxylic acids is 1. The highest BCUT2D eigenvalue weighted by Crippen LogP contribution is 2.40. The predicted molar refractivity (Wildman–Crippen MR) is 131 cm³/mol. The fourth-order valence-electron chi connectivity index (χ4n) is 4.33. The molecule has 0 aliphatic carbocycles. The summed E-state index contributed by atoms with van der Waals surface area (Å²) < 4.78 is 53.9. The highest BCUT2D eigenvalue weighted by Gasteiger charge is 2.41. The molecule has 0 saturated carbocycles. The summed E-state index contributed by atoms with van der Waals surface area (Å²) >= 11 is 0. The molecule has 3 aromatic heterocycles. The zero-order chi connectivity index (χ0) is 26.5. The Morgan fingerprint density at radius 1 is 1.11 bits per heavy atom. The van der Waals surface area contributed by atoms with E-state index in [1.807, 2.05) is 0 Å². The number of carbonyl (C=O) groups is 1. The van der Waals surface area contributed by atoms with Crippen molar-refractivity contribution >= 4 is 33.6 Å². The van der Waals surface area contributed by atoms with Gasteiger partial charge in [-0.05, 0) is 49.7 Å². The fourth-order valence-corrected chi connectivity index (χ4v) is 4.33. The van der Waals surface area contributed by atoms with Gasteiger partial charge in [-0.25, -0.2) is 4.79 Å². The zero-order valence-electron chi connectivity index (χ0n) is 19.5. The van der Waals surface area contributed by atoms with Crippen LogP contribution in [0.3, 0.4) is 0 Å². The lowest BCUT2D eigenvalue weighted by atomic mass is 9.99. The van der Waals surface area contributed by atoms with Crippen LogP contribution in [0.2, 0.25) is 0 Å². The van der Waals surface area contributed by atoms with Crippen LogP contribution in [0.15, 0.2) is 74.6 Å². The van der Waals surface area contributed by atoms with E-state index in [2.05, 4.69) is 10.3 Å². The number of aromatic carboxylic acids is 1. The summed E-state index contributed by atoms with van der Waals surface area (Å²) in [5.74, 6) is -2.16. The second-order valence-corrected chi connectivity index (χ2v) is 8.60. The van der Waals surface area contributed by atoms with Crippen molar-refractivity contribution in [1.29, 1.82) is 0 Å². The third-order valence-corrected chi connectivity index (χ3v) is 5.98. The Kier molecular flexibility index (Phi) is 5.74. The molecule has 0 radical (unpaired) electrons. The molecule has 3 heterocycles. The Balaban J connectivity index is 1.75. The number of aryl methyl sites for hydroxylation is 1. The second kappa shape index (κ2) is 8.81. The van der Waals surface area contributed by atoms with E-state index >= 15 is 0 Å². The zero-order valence-corrected chi connectivity index (χ0v) is 19.5. The monoisotopic (exact) mass is 508 g/mol. The molecule has 5 rings (SSSR count). The van der Waals surface area contributed by atoms with Gasteiger partial charge in [0, 0.05) is 29.0 Å². The third-order valence-electron chi connectivity index (χ3n) is 5.98. The van der Waals surface area contributed by atoms with Gasteiger partial charge in [-0.2, -0.15) is 13.2 Å². The summed E-state index contributed by atoms with van der Waals surface area (Å²) in [4.78, 5) is 28.9. The van der Waals surface area contributed by atoms with Crippen molar-refractivity contribution in [2.45, 2.75) is 26.1 Å². The molecule has 0 aliphatic heterocycles. The molecule has 5 aromatic rings. The van der Waals surface area contributed by atoms with E-state index in [0.717, 1.165) is 0 Å². The lowest BCUT2D eigenvalue weighted by molar-refractivity contribution is -0.138. The van der Waals surface area contributed by atoms with Crippen LogP contribution in [-0.2, 0) is 6.18 Å². The van der Waals surface area contributed by atoms with Gasteiger partial charge < -0.3 is 19.3 Å². The number of anilines is 1. The van der Waals surface area contributed by atoms with E-state index < -0.39 is 34.9 Å². The van der Waals surface area contributed by atoms with E-state index in [1.54, 1.807) is 38.1 Å². The van der Waals surface area contributed by atoms with E-state index in [0.29, 0.717) is 22.2 Å². The molecule has 0 bridgehead atoms. The summed E-state index contributed by atoms with van der Waals surface area (Å²) in [6.45, 7) is 3.34.